The summed E-state index contributed by atoms with van der Waals surface area (Å²) < 4.78 is 12.7. The van der Waals surface area contributed by atoms with Crippen LogP contribution in [0, 0.1) is 0 Å². The van der Waals surface area contributed by atoms with Crippen LogP contribution in [0.4, 0.5) is 0 Å². The molecule has 0 bridgehead atoms. The molecule has 0 aliphatic carbocycles. The largest absolute Gasteiger partial charge is 0.493 e. The zero-order valence-electron chi connectivity index (χ0n) is 12.8. The Labute approximate surface area is 134 Å². The molecule has 22 heavy (non-hydrogen) atoms. The minimum Gasteiger partial charge on any atom is -0.493 e. The summed E-state index contributed by atoms with van der Waals surface area (Å²) in [6, 6.07) is 3.76. The Morgan fingerprint density at radius 3 is 2.68 bits per heavy atom. The van der Waals surface area contributed by atoms with Crippen LogP contribution in [0.3, 0.4) is 0 Å². The Balaban J connectivity index is 1.74. The summed E-state index contributed by atoms with van der Waals surface area (Å²) in [6.07, 6.45) is 2.69. The zero-order chi connectivity index (χ0) is 15.5. The van der Waals surface area contributed by atoms with Gasteiger partial charge >= 0.3 is 0 Å². The fraction of sp³-hybridized carbons (Fsp3) is 0.467. The fourth-order valence-electron chi connectivity index (χ4n) is 2.69. The minimum atomic E-state index is 0.651. The number of aromatic nitrogens is 3. The summed E-state index contributed by atoms with van der Waals surface area (Å²) in [4.78, 5) is 2.36. The number of rotatable bonds is 4. The van der Waals surface area contributed by atoms with Crippen LogP contribution in [0.25, 0.3) is 0 Å². The van der Waals surface area contributed by atoms with Crippen LogP contribution < -0.4 is 9.47 Å². The molecule has 3 rings (SSSR count). The van der Waals surface area contributed by atoms with Gasteiger partial charge in [-0.2, -0.15) is 0 Å². The molecular weight excluding hydrogens is 304 g/mol. The number of benzene rings is 1. The highest BCUT2D eigenvalue weighted by atomic mass is 35.5. The van der Waals surface area contributed by atoms with Crippen molar-refractivity contribution in [1.29, 1.82) is 0 Å². The monoisotopic (exact) mass is 322 g/mol. The first-order valence-electron chi connectivity index (χ1n) is 7.20. The van der Waals surface area contributed by atoms with Gasteiger partial charge in [-0.3, -0.25) is 4.90 Å². The van der Waals surface area contributed by atoms with Crippen molar-refractivity contribution >= 4 is 11.6 Å². The third-order valence-corrected chi connectivity index (χ3v) is 4.30. The summed E-state index contributed by atoms with van der Waals surface area (Å²) in [6.45, 7) is 3.55. The lowest BCUT2D eigenvalue weighted by Gasteiger charge is -2.21. The lowest BCUT2D eigenvalue weighted by Crippen LogP contribution is -2.26. The van der Waals surface area contributed by atoms with E-state index in [1.165, 1.54) is 0 Å². The molecule has 0 amide bonds. The summed E-state index contributed by atoms with van der Waals surface area (Å²) in [5, 5.41) is 8.80. The van der Waals surface area contributed by atoms with Crippen molar-refractivity contribution in [2.45, 2.75) is 19.5 Å². The number of hydrogen-bond donors (Lipinski definition) is 0. The van der Waals surface area contributed by atoms with Gasteiger partial charge in [0.25, 0.3) is 0 Å². The lowest BCUT2D eigenvalue weighted by molar-refractivity contribution is 0.270. The second-order valence-corrected chi connectivity index (χ2v) is 5.67. The molecule has 7 heteroatoms. The smallest absolute Gasteiger partial charge is 0.162 e. The van der Waals surface area contributed by atoms with Gasteiger partial charge in [-0.05, 0) is 11.6 Å². The maximum absolute atomic E-state index is 6.38. The molecule has 0 radical (unpaired) electrons. The molecule has 0 N–H and O–H groups in total. The van der Waals surface area contributed by atoms with E-state index in [1.807, 2.05) is 12.1 Å². The van der Waals surface area contributed by atoms with Gasteiger partial charge in [0, 0.05) is 43.7 Å². The molecule has 1 aliphatic heterocycles. The second kappa shape index (κ2) is 6.54. The van der Waals surface area contributed by atoms with E-state index in [9.17, 15) is 0 Å². The third kappa shape index (κ3) is 3.03. The highest BCUT2D eigenvalue weighted by Gasteiger charge is 2.17. The van der Waals surface area contributed by atoms with Gasteiger partial charge in [-0.15, -0.1) is 10.2 Å². The number of methoxy groups -OCH3 is 2. The Morgan fingerprint density at radius 1 is 1.14 bits per heavy atom. The van der Waals surface area contributed by atoms with Crippen molar-refractivity contribution in [3.05, 3.63) is 34.9 Å². The maximum atomic E-state index is 6.38. The minimum absolute atomic E-state index is 0.651. The lowest BCUT2D eigenvalue weighted by atomic mass is 10.1. The number of ether oxygens (including phenoxy) is 2. The quantitative estimate of drug-likeness (QED) is 0.862. The Hall–Kier alpha value is -1.79. The molecule has 0 spiro atoms. The zero-order valence-corrected chi connectivity index (χ0v) is 13.5. The van der Waals surface area contributed by atoms with Crippen molar-refractivity contribution in [2.24, 2.45) is 0 Å². The van der Waals surface area contributed by atoms with Crippen molar-refractivity contribution in [3.8, 4) is 11.5 Å². The Morgan fingerprint density at radius 2 is 1.91 bits per heavy atom. The summed E-state index contributed by atoms with van der Waals surface area (Å²) >= 11 is 6.38. The molecular formula is C15H19ClN4O2. The van der Waals surface area contributed by atoms with Gasteiger partial charge in [-0.1, -0.05) is 11.6 Å². The van der Waals surface area contributed by atoms with Gasteiger partial charge in [0.1, 0.15) is 12.2 Å². The molecule has 0 unspecified atom stereocenters. The predicted octanol–water partition coefficient (Wildman–Crippen LogP) is 2.01. The van der Waals surface area contributed by atoms with Crippen molar-refractivity contribution in [3.63, 3.8) is 0 Å². The van der Waals surface area contributed by atoms with E-state index in [-0.39, 0.29) is 0 Å². The van der Waals surface area contributed by atoms with E-state index in [1.54, 1.807) is 20.5 Å². The molecule has 2 heterocycles. The van der Waals surface area contributed by atoms with Crippen LogP contribution in [0.2, 0.25) is 5.02 Å². The van der Waals surface area contributed by atoms with Crippen LogP contribution in [0.1, 0.15) is 11.4 Å². The van der Waals surface area contributed by atoms with E-state index in [2.05, 4.69) is 19.7 Å². The molecule has 0 fully saturated rings. The van der Waals surface area contributed by atoms with Gasteiger partial charge < -0.3 is 14.0 Å². The van der Waals surface area contributed by atoms with Gasteiger partial charge in [-0.25, -0.2) is 0 Å². The Bertz CT molecular complexity index is 636. The van der Waals surface area contributed by atoms with Crippen molar-refractivity contribution in [1.82, 2.24) is 19.7 Å². The van der Waals surface area contributed by atoms with Crippen molar-refractivity contribution < 1.29 is 9.47 Å². The normalized spacial score (nSPS) is 15.2. The van der Waals surface area contributed by atoms with E-state index in [0.29, 0.717) is 16.5 Å². The summed E-state index contributed by atoms with van der Waals surface area (Å²) in [7, 11) is 3.24. The molecule has 0 saturated heterocycles. The fourth-order valence-corrected chi connectivity index (χ4v) is 2.91. The molecule has 6 nitrogen and oxygen atoms in total. The summed E-state index contributed by atoms with van der Waals surface area (Å²) in [5.41, 5.74) is 1.04. The molecule has 1 aromatic heterocycles. The highest BCUT2D eigenvalue weighted by Crippen LogP contribution is 2.33. The van der Waals surface area contributed by atoms with Gasteiger partial charge in [0.15, 0.2) is 11.5 Å². The van der Waals surface area contributed by atoms with Crippen LogP contribution >= 0.6 is 11.6 Å². The van der Waals surface area contributed by atoms with E-state index >= 15 is 0 Å². The first-order chi connectivity index (χ1) is 10.7. The number of nitrogens with zero attached hydrogens (tertiary/aromatic N) is 4. The average molecular weight is 323 g/mol. The van der Waals surface area contributed by atoms with E-state index in [0.717, 1.165) is 44.0 Å². The molecule has 0 atom stereocenters. The van der Waals surface area contributed by atoms with Crippen LogP contribution in [0.15, 0.2) is 18.5 Å². The number of halogens is 1. The molecule has 118 valence electrons. The third-order valence-electron chi connectivity index (χ3n) is 3.95. The Kier molecular flexibility index (Phi) is 4.49. The standard InChI is InChI=1S/C15H19ClN4O2/c1-21-13-7-11(12(16)8-14(13)22-2)9-19-4-3-15-18-17-10-20(15)6-5-19/h7-8,10H,3-6,9H2,1-2H3. The highest BCUT2D eigenvalue weighted by molar-refractivity contribution is 6.31. The average Bonchev–Trinajstić information content (AvgIpc) is 2.90. The van der Waals surface area contributed by atoms with Crippen LogP contribution in [0.5, 0.6) is 11.5 Å². The molecule has 1 aromatic carbocycles. The second-order valence-electron chi connectivity index (χ2n) is 5.27. The molecule has 2 aromatic rings. The van der Waals surface area contributed by atoms with Crippen LogP contribution in [-0.4, -0.2) is 47.0 Å². The molecule has 1 aliphatic rings. The SMILES string of the molecule is COc1cc(Cl)c(CN2CCc3nncn3CC2)cc1OC. The topological polar surface area (TPSA) is 52.4 Å². The van der Waals surface area contributed by atoms with Crippen LogP contribution in [-0.2, 0) is 19.5 Å². The van der Waals surface area contributed by atoms with Crippen molar-refractivity contribution in [2.75, 3.05) is 27.3 Å². The van der Waals surface area contributed by atoms with E-state index in [4.69, 9.17) is 21.1 Å². The predicted molar refractivity (Wildman–Crippen MR) is 83.6 cm³/mol. The maximum Gasteiger partial charge on any atom is 0.162 e. The molecule has 0 saturated carbocycles. The van der Waals surface area contributed by atoms with Gasteiger partial charge in [0.2, 0.25) is 0 Å². The van der Waals surface area contributed by atoms with Gasteiger partial charge in [0.05, 0.1) is 14.2 Å². The van der Waals surface area contributed by atoms with E-state index < -0.39 is 0 Å². The first kappa shape index (κ1) is 15.1. The first-order valence-corrected chi connectivity index (χ1v) is 7.58. The number of fused-ring (bicyclic) bond motifs is 1. The number of hydrogen-bond acceptors (Lipinski definition) is 5. The summed E-state index contributed by atoms with van der Waals surface area (Å²) in [5.74, 6) is 2.40.